The number of unbranched alkanes of at least 4 members (excludes halogenated alkanes) is 2. The summed E-state index contributed by atoms with van der Waals surface area (Å²) in [5.41, 5.74) is -0.192. The van der Waals surface area contributed by atoms with E-state index in [1.165, 1.54) is 6.42 Å². The summed E-state index contributed by atoms with van der Waals surface area (Å²) in [6, 6.07) is 6.47. The highest BCUT2D eigenvalue weighted by atomic mass is 16.5. The lowest BCUT2D eigenvalue weighted by atomic mass is 9.78. The number of hydrogen-bond donors (Lipinski definition) is 2. The molecule has 0 unspecified atom stereocenters. The lowest BCUT2D eigenvalue weighted by Crippen LogP contribution is -2.75. The molecular formula is C36H54N4O5. The molecule has 4 rings (SSSR count). The zero-order valence-electron chi connectivity index (χ0n) is 27.7. The topological polar surface area (TPSA) is 102 Å². The quantitative estimate of drug-likeness (QED) is 0.238. The van der Waals surface area contributed by atoms with Gasteiger partial charge in [0.1, 0.15) is 17.3 Å². The molecule has 1 aromatic carbocycles. The molecule has 9 nitrogen and oxygen atoms in total. The number of piperazine rings is 1. The number of nitrogens with zero attached hydrogens (tertiary/aromatic N) is 3. The number of aliphatic hydroxyl groups is 1. The molecule has 2 heterocycles. The number of hydrogen-bond acceptors (Lipinski definition) is 6. The Labute approximate surface area is 270 Å². The van der Waals surface area contributed by atoms with Gasteiger partial charge < -0.3 is 29.9 Å². The zero-order chi connectivity index (χ0) is 32.2. The van der Waals surface area contributed by atoms with Crippen LogP contribution in [0.2, 0.25) is 0 Å². The molecule has 2 saturated heterocycles. The third-order valence-electron chi connectivity index (χ3n) is 10.0. The molecular weight excluding hydrogens is 568 g/mol. The minimum atomic E-state index is -0.829. The molecule has 3 amide bonds. The van der Waals surface area contributed by atoms with E-state index in [0.29, 0.717) is 44.6 Å². The van der Waals surface area contributed by atoms with Gasteiger partial charge in [0, 0.05) is 31.7 Å². The standard InChI is InChI=1S/C36H54N4O5/c1-4-7-23-39(6-3)33(42)29-16-18-30(19-17-29)45-27-13-12-22-38-25-20-36(21-26-38)35(44)37-31(34(43)40(36)24-8-5-2)32(41)28-14-10-9-11-15-28/h16-19,28,31-32,41H,5-6,8-15,20-27H2,1-3H3,(H,37,44)/t31-,32-/m1/s1. The van der Waals surface area contributed by atoms with E-state index in [1.54, 1.807) is 24.0 Å². The molecule has 2 aliphatic heterocycles. The largest absolute Gasteiger partial charge is 0.494 e. The predicted octanol–water partition coefficient (Wildman–Crippen LogP) is 4.23. The van der Waals surface area contributed by atoms with Gasteiger partial charge in [-0.2, -0.15) is 0 Å². The van der Waals surface area contributed by atoms with Gasteiger partial charge in [-0.1, -0.05) is 38.5 Å². The third kappa shape index (κ3) is 8.59. The predicted molar refractivity (Wildman–Crippen MR) is 176 cm³/mol. The van der Waals surface area contributed by atoms with Crippen molar-refractivity contribution in [2.75, 3.05) is 45.9 Å². The Hall–Kier alpha value is -3.09. The number of carbonyl (C=O) groups excluding carboxylic acids is 3. The fraction of sp³-hybridized carbons (Fsp3) is 0.694. The van der Waals surface area contributed by atoms with Crippen LogP contribution in [0, 0.1) is 17.8 Å². The van der Waals surface area contributed by atoms with Gasteiger partial charge in [-0.3, -0.25) is 14.4 Å². The van der Waals surface area contributed by atoms with Crippen molar-refractivity contribution in [1.29, 1.82) is 0 Å². The maximum absolute atomic E-state index is 13.8. The minimum Gasteiger partial charge on any atom is -0.494 e. The van der Waals surface area contributed by atoms with Crippen molar-refractivity contribution in [2.24, 2.45) is 5.92 Å². The Bertz CT molecular complexity index is 1180. The first-order valence-corrected chi connectivity index (χ1v) is 17.3. The molecule has 45 heavy (non-hydrogen) atoms. The summed E-state index contributed by atoms with van der Waals surface area (Å²) < 4.78 is 5.94. The summed E-state index contributed by atoms with van der Waals surface area (Å²) in [4.78, 5) is 46.2. The number of aliphatic hydroxyl groups excluding tert-OH is 1. The van der Waals surface area contributed by atoms with Gasteiger partial charge in [0.2, 0.25) is 11.8 Å². The van der Waals surface area contributed by atoms with Crippen LogP contribution in [-0.4, -0.2) is 101 Å². The van der Waals surface area contributed by atoms with Gasteiger partial charge in [-0.05, 0) is 95.5 Å². The van der Waals surface area contributed by atoms with E-state index in [0.717, 1.165) is 76.8 Å². The van der Waals surface area contributed by atoms with Gasteiger partial charge in [0.05, 0.1) is 19.3 Å². The fourth-order valence-electron chi connectivity index (χ4n) is 7.11. The Morgan fingerprint density at radius 3 is 2.42 bits per heavy atom. The molecule has 1 aromatic rings. The van der Waals surface area contributed by atoms with Crippen molar-refractivity contribution in [3.8, 4) is 17.6 Å². The van der Waals surface area contributed by atoms with Crippen LogP contribution in [0.3, 0.4) is 0 Å². The van der Waals surface area contributed by atoms with Gasteiger partial charge >= 0.3 is 0 Å². The fourth-order valence-corrected chi connectivity index (χ4v) is 7.11. The summed E-state index contributed by atoms with van der Waals surface area (Å²) >= 11 is 0. The van der Waals surface area contributed by atoms with E-state index in [2.05, 4.69) is 29.0 Å². The van der Waals surface area contributed by atoms with Crippen LogP contribution in [0.25, 0.3) is 0 Å². The average molecular weight is 623 g/mol. The highest BCUT2D eigenvalue weighted by molar-refractivity contribution is 6.00. The number of carbonyl (C=O) groups is 3. The number of amides is 3. The molecule has 1 saturated carbocycles. The number of ether oxygens (including phenoxy) is 1. The summed E-state index contributed by atoms with van der Waals surface area (Å²) in [6.07, 6.45) is 9.22. The van der Waals surface area contributed by atoms with Crippen LogP contribution >= 0.6 is 0 Å². The van der Waals surface area contributed by atoms with Gasteiger partial charge in [-0.15, -0.1) is 5.92 Å². The Kier molecular flexibility index (Phi) is 13.1. The lowest BCUT2D eigenvalue weighted by molar-refractivity contribution is -0.165. The maximum atomic E-state index is 13.8. The third-order valence-corrected chi connectivity index (χ3v) is 10.0. The second kappa shape index (κ2) is 17.0. The second-order valence-electron chi connectivity index (χ2n) is 12.9. The smallest absolute Gasteiger partial charge is 0.254 e. The molecule has 0 bridgehead atoms. The van der Waals surface area contributed by atoms with Crippen LogP contribution in [0.4, 0.5) is 0 Å². The summed E-state index contributed by atoms with van der Waals surface area (Å²) in [5, 5.41) is 14.2. The van der Waals surface area contributed by atoms with E-state index in [1.807, 2.05) is 24.0 Å². The molecule has 2 N–H and O–H groups in total. The first-order chi connectivity index (χ1) is 21.8. The van der Waals surface area contributed by atoms with Crippen LogP contribution in [-0.2, 0) is 9.59 Å². The van der Waals surface area contributed by atoms with Crippen molar-refractivity contribution in [3.05, 3.63) is 29.8 Å². The summed E-state index contributed by atoms with van der Waals surface area (Å²) in [6.45, 7) is 10.4. The number of rotatable bonds is 14. The highest BCUT2D eigenvalue weighted by Crippen LogP contribution is 2.36. The summed E-state index contributed by atoms with van der Waals surface area (Å²) in [5.74, 6) is 6.39. The van der Waals surface area contributed by atoms with E-state index in [-0.39, 0.29) is 23.6 Å². The van der Waals surface area contributed by atoms with E-state index in [9.17, 15) is 19.5 Å². The molecule has 0 aromatic heterocycles. The SMILES string of the molecule is CC#CCN(CC)C(=O)c1ccc(OCCCCN2CCC3(CC2)C(=O)N[C@H]([C@H](O)C2CCCCC2)C(=O)N3CCCC)cc1. The van der Waals surface area contributed by atoms with Gasteiger partial charge in [-0.25, -0.2) is 0 Å². The second-order valence-corrected chi connectivity index (χ2v) is 12.9. The van der Waals surface area contributed by atoms with Crippen LogP contribution in [0.15, 0.2) is 24.3 Å². The Morgan fingerprint density at radius 1 is 1.07 bits per heavy atom. The van der Waals surface area contributed by atoms with Gasteiger partial charge in [0.25, 0.3) is 5.91 Å². The molecule has 9 heteroatoms. The lowest BCUT2D eigenvalue weighted by Gasteiger charge is -2.52. The number of piperidine rings is 1. The van der Waals surface area contributed by atoms with Crippen molar-refractivity contribution >= 4 is 17.7 Å². The van der Waals surface area contributed by atoms with Crippen LogP contribution < -0.4 is 10.1 Å². The highest BCUT2D eigenvalue weighted by Gasteiger charge is 2.55. The van der Waals surface area contributed by atoms with Crippen LogP contribution in [0.1, 0.15) is 102 Å². The maximum Gasteiger partial charge on any atom is 0.254 e. The molecule has 248 valence electrons. The Morgan fingerprint density at radius 2 is 1.78 bits per heavy atom. The molecule has 1 aliphatic carbocycles. The monoisotopic (exact) mass is 622 g/mol. The van der Waals surface area contributed by atoms with Crippen molar-refractivity contribution in [1.82, 2.24) is 20.0 Å². The van der Waals surface area contributed by atoms with Crippen LogP contribution in [0.5, 0.6) is 5.75 Å². The first kappa shape index (κ1) is 34.8. The summed E-state index contributed by atoms with van der Waals surface area (Å²) in [7, 11) is 0. The first-order valence-electron chi connectivity index (χ1n) is 17.3. The van der Waals surface area contributed by atoms with Crippen molar-refractivity contribution < 1.29 is 24.2 Å². The Balaban J connectivity index is 1.23. The number of benzene rings is 1. The number of likely N-dealkylation sites (tertiary alicyclic amines) is 1. The molecule has 3 aliphatic rings. The van der Waals surface area contributed by atoms with E-state index in [4.69, 9.17) is 4.74 Å². The number of nitrogens with one attached hydrogen (secondary N) is 1. The van der Waals surface area contributed by atoms with Crippen molar-refractivity contribution in [2.45, 2.75) is 109 Å². The normalized spacial score (nSPS) is 21.2. The van der Waals surface area contributed by atoms with E-state index >= 15 is 0 Å². The van der Waals surface area contributed by atoms with Crippen molar-refractivity contribution in [3.63, 3.8) is 0 Å². The minimum absolute atomic E-state index is 0.0319. The molecule has 3 fully saturated rings. The van der Waals surface area contributed by atoms with Gasteiger partial charge in [0.15, 0.2) is 0 Å². The molecule has 1 spiro atoms. The van der Waals surface area contributed by atoms with E-state index < -0.39 is 17.7 Å². The average Bonchev–Trinajstić information content (AvgIpc) is 3.07. The molecule has 2 atom stereocenters. The molecule has 0 radical (unpaired) electrons. The zero-order valence-corrected chi connectivity index (χ0v) is 27.7.